The molecule has 0 radical (unpaired) electrons. The molecule has 7 heteroatoms. The van der Waals surface area contributed by atoms with Crippen LogP contribution in [0.15, 0.2) is 53.7 Å². The first kappa shape index (κ1) is 23.4. The molecule has 0 bridgehead atoms. The van der Waals surface area contributed by atoms with Gasteiger partial charge in [0, 0.05) is 18.7 Å². The van der Waals surface area contributed by atoms with Gasteiger partial charge in [0.1, 0.15) is 5.75 Å². The molecule has 0 N–H and O–H groups in total. The van der Waals surface area contributed by atoms with Crippen LogP contribution in [0.25, 0.3) is 17.1 Å². The molecule has 174 valence electrons. The summed E-state index contributed by atoms with van der Waals surface area (Å²) in [4.78, 5) is 14.9. The predicted octanol–water partition coefficient (Wildman–Crippen LogP) is 5.56. The van der Waals surface area contributed by atoms with Crippen molar-refractivity contribution in [3.05, 3.63) is 54.1 Å². The van der Waals surface area contributed by atoms with E-state index in [4.69, 9.17) is 4.74 Å². The summed E-state index contributed by atoms with van der Waals surface area (Å²) in [5, 5.41) is 9.81. The Bertz CT molecular complexity index is 1070. The van der Waals surface area contributed by atoms with E-state index in [1.54, 1.807) is 7.11 Å². The number of hydrogen-bond donors (Lipinski definition) is 0. The maximum absolute atomic E-state index is 12.9. The van der Waals surface area contributed by atoms with Crippen molar-refractivity contribution in [1.82, 2.24) is 19.7 Å². The Labute approximate surface area is 200 Å². The fourth-order valence-electron chi connectivity index (χ4n) is 4.22. The number of aromatic nitrogens is 3. The fourth-order valence-corrected chi connectivity index (χ4v) is 5.07. The van der Waals surface area contributed by atoms with E-state index >= 15 is 0 Å². The molecule has 1 saturated heterocycles. The number of likely N-dealkylation sites (tertiary alicyclic amines) is 1. The van der Waals surface area contributed by atoms with E-state index in [-0.39, 0.29) is 5.91 Å². The summed E-state index contributed by atoms with van der Waals surface area (Å²) >= 11 is 1.47. The molecule has 1 aromatic heterocycles. The van der Waals surface area contributed by atoms with Crippen LogP contribution in [0.1, 0.15) is 51.0 Å². The maximum atomic E-state index is 12.9. The Morgan fingerprint density at radius 1 is 1.00 bits per heavy atom. The van der Waals surface area contributed by atoms with Crippen molar-refractivity contribution in [3.63, 3.8) is 0 Å². The Morgan fingerprint density at radius 2 is 1.70 bits per heavy atom. The van der Waals surface area contributed by atoms with Crippen molar-refractivity contribution in [2.24, 2.45) is 0 Å². The zero-order valence-electron chi connectivity index (χ0n) is 19.7. The quantitative estimate of drug-likeness (QED) is 0.428. The van der Waals surface area contributed by atoms with E-state index in [0.717, 1.165) is 53.9 Å². The molecule has 4 rings (SSSR count). The molecule has 1 aliphatic heterocycles. The second-order valence-corrected chi connectivity index (χ2v) is 9.61. The Balaban J connectivity index is 1.68. The van der Waals surface area contributed by atoms with Crippen LogP contribution in [0.2, 0.25) is 0 Å². The lowest BCUT2D eigenvalue weighted by Crippen LogP contribution is -2.33. The highest BCUT2D eigenvalue weighted by Gasteiger charge is 2.22. The zero-order valence-corrected chi connectivity index (χ0v) is 20.5. The van der Waals surface area contributed by atoms with Crippen LogP contribution in [0.4, 0.5) is 0 Å². The van der Waals surface area contributed by atoms with Gasteiger partial charge in [0.2, 0.25) is 5.91 Å². The van der Waals surface area contributed by atoms with E-state index in [1.165, 1.54) is 30.2 Å². The number of nitrogens with zero attached hydrogens (tertiary/aromatic N) is 4. The molecule has 3 aromatic rings. The van der Waals surface area contributed by atoms with Crippen LogP contribution in [0.3, 0.4) is 0 Å². The molecular formula is C26H32N4O2S. The molecule has 0 unspecified atom stereocenters. The lowest BCUT2D eigenvalue weighted by atomic mass is 10.0. The molecular weight excluding hydrogens is 432 g/mol. The molecule has 1 amide bonds. The van der Waals surface area contributed by atoms with E-state index in [1.807, 2.05) is 35.2 Å². The molecule has 1 fully saturated rings. The van der Waals surface area contributed by atoms with Gasteiger partial charge in [0.05, 0.1) is 18.6 Å². The van der Waals surface area contributed by atoms with Gasteiger partial charge in [-0.1, -0.05) is 56.7 Å². The summed E-state index contributed by atoms with van der Waals surface area (Å²) in [6.45, 7) is 6.09. The monoisotopic (exact) mass is 464 g/mol. The summed E-state index contributed by atoms with van der Waals surface area (Å²) in [6, 6.07) is 16.2. The topological polar surface area (TPSA) is 60.3 Å². The SMILES string of the molecule is COc1ccc(-c2nnc(SCC(=O)N3CCCCCC3)n2-c2ccccc2C(C)C)cc1. The molecule has 2 heterocycles. The van der Waals surface area contributed by atoms with Crippen molar-refractivity contribution in [2.75, 3.05) is 26.0 Å². The number of carbonyl (C=O) groups excluding carboxylic acids is 1. The summed E-state index contributed by atoms with van der Waals surface area (Å²) in [5.74, 6) is 2.44. The number of para-hydroxylation sites is 1. The third-order valence-electron chi connectivity index (χ3n) is 6.06. The van der Waals surface area contributed by atoms with Gasteiger partial charge >= 0.3 is 0 Å². The molecule has 2 aromatic carbocycles. The first-order valence-electron chi connectivity index (χ1n) is 11.7. The highest BCUT2D eigenvalue weighted by atomic mass is 32.2. The molecule has 0 spiro atoms. The first-order valence-corrected chi connectivity index (χ1v) is 12.7. The van der Waals surface area contributed by atoms with Crippen LogP contribution < -0.4 is 4.74 Å². The number of rotatable bonds is 7. The molecule has 0 saturated carbocycles. The van der Waals surface area contributed by atoms with E-state index in [0.29, 0.717) is 11.7 Å². The minimum atomic E-state index is 0.180. The van der Waals surface area contributed by atoms with Gasteiger partial charge in [-0.3, -0.25) is 9.36 Å². The first-order chi connectivity index (χ1) is 16.1. The van der Waals surface area contributed by atoms with Gasteiger partial charge in [-0.2, -0.15) is 0 Å². The second-order valence-electron chi connectivity index (χ2n) is 8.67. The van der Waals surface area contributed by atoms with Crippen molar-refractivity contribution >= 4 is 17.7 Å². The largest absolute Gasteiger partial charge is 0.497 e. The summed E-state index contributed by atoms with van der Waals surface area (Å²) in [7, 11) is 1.66. The number of benzene rings is 2. The van der Waals surface area contributed by atoms with Crippen LogP contribution in [0.5, 0.6) is 5.75 Å². The molecule has 1 aliphatic rings. The van der Waals surface area contributed by atoms with Crippen LogP contribution in [0, 0.1) is 0 Å². The highest BCUT2D eigenvalue weighted by molar-refractivity contribution is 7.99. The van der Waals surface area contributed by atoms with Gasteiger partial charge in [-0.25, -0.2) is 0 Å². The average Bonchev–Trinajstić information content (AvgIpc) is 3.06. The lowest BCUT2D eigenvalue weighted by molar-refractivity contribution is -0.128. The Kier molecular flexibility index (Phi) is 7.70. The van der Waals surface area contributed by atoms with Crippen molar-refractivity contribution in [2.45, 2.75) is 50.6 Å². The minimum absolute atomic E-state index is 0.180. The number of carbonyl (C=O) groups is 1. The smallest absolute Gasteiger partial charge is 0.233 e. The maximum Gasteiger partial charge on any atom is 0.233 e. The number of ether oxygens (including phenoxy) is 1. The van der Waals surface area contributed by atoms with Crippen LogP contribution >= 0.6 is 11.8 Å². The van der Waals surface area contributed by atoms with Gasteiger partial charge in [-0.05, 0) is 54.7 Å². The van der Waals surface area contributed by atoms with Crippen molar-refractivity contribution < 1.29 is 9.53 Å². The van der Waals surface area contributed by atoms with Crippen molar-refractivity contribution in [1.29, 1.82) is 0 Å². The van der Waals surface area contributed by atoms with Gasteiger partial charge < -0.3 is 9.64 Å². The van der Waals surface area contributed by atoms with Crippen LogP contribution in [-0.4, -0.2) is 51.5 Å². The number of methoxy groups -OCH3 is 1. The van der Waals surface area contributed by atoms with E-state index < -0.39 is 0 Å². The van der Waals surface area contributed by atoms with Crippen LogP contribution in [-0.2, 0) is 4.79 Å². The second kappa shape index (κ2) is 10.9. The number of thioether (sulfide) groups is 1. The average molecular weight is 465 g/mol. The van der Waals surface area contributed by atoms with Crippen molar-refractivity contribution in [3.8, 4) is 22.8 Å². The molecule has 0 aliphatic carbocycles. The summed E-state index contributed by atoms with van der Waals surface area (Å²) in [5.41, 5.74) is 3.22. The van der Waals surface area contributed by atoms with Gasteiger partial charge in [0.25, 0.3) is 0 Å². The zero-order chi connectivity index (χ0) is 23.2. The van der Waals surface area contributed by atoms with Gasteiger partial charge in [-0.15, -0.1) is 10.2 Å². The Hall–Kier alpha value is -2.80. The summed E-state index contributed by atoms with van der Waals surface area (Å²) < 4.78 is 7.41. The third kappa shape index (κ3) is 5.41. The normalized spacial score (nSPS) is 14.4. The Morgan fingerprint density at radius 3 is 2.36 bits per heavy atom. The lowest BCUT2D eigenvalue weighted by Gasteiger charge is -2.20. The third-order valence-corrected chi connectivity index (χ3v) is 6.98. The number of hydrogen-bond acceptors (Lipinski definition) is 5. The highest BCUT2D eigenvalue weighted by Crippen LogP contribution is 2.33. The van der Waals surface area contributed by atoms with Gasteiger partial charge in [0.15, 0.2) is 11.0 Å². The fraction of sp³-hybridized carbons (Fsp3) is 0.423. The van der Waals surface area contributed by atoms with E-state index in [2.05, 4.69) is 46.8 Å². The molecule has 6 nitrogen and oxygen atoms in total. The molecule has 0 atom stereocenters. The standard InChI is InChI=1S/C26H32N4O2S/c1-19(2)22-10-6-7-11-23(22)30-25(20-12-14-21(32-3)15-13-20)27-28-26(30)33-18-24(31)29-16-8-4-5-9-17-29/h6-7,10-15,19H,4-5,8-9,16-18H2,1-3H3. The minimum Gasteiger partial charge on any atom is -0.497 e. The predicted molar refractivity (Wildman–Crippen MR) is 133 cm³/mol. The van der Waals surface area contributed by atoms with E-state index in [9.17, 15) is 4.79 Å². The number of amides is 1. The molecule has 33 heavy (non-hydrogen) atoms. The summed E-state index contributed by atoms with van der Waals surface area (Å²) in [6.07, 6.45) is 4.61.